The molecule has 2 fully saturated rings. The summed E-state index contributed by atoms with van der Waals surface area (Å²) in [5.41, 5.74) is 1.71. The number of carboxylic acids is 1. The molecule has 2 aliphatic heterocycles. The van der Waals surface area contributed by atoms with Crippen LogP contribution >= 0.6 is 0 Å². The smallest absolute Gasteiger partial charge is 0.328 e. The lowest BCUT2D eigenvalue weighted by atomic mass is 9.78. The SMILES string of the molecule is O=C(O)/C=C/c1cn(-c2ccc(-c3ncccn3)cc2)c(=O)c(N2CC3(COC3)C2)n1. The van der Waals surface area contributed by atoms with E-state index in [2.05, 4.69) is 15.0 Å². The van der Waals surface area contributed by atoms with Crippen molar-refractivity contribution in [2.75, 3.05) is 31.2 Å². The number of aliphatic carboxylic acids is 1. The molecule has 5 rings (SSSR count). The topological polar surface area (TPSA) is 110 Å². The molecule has 9 nitrogen and oxygen atoms in total. The van der Waals surface area contributed by atoms with Gasteiger partial charge < -0.3 is 14.7 Å². The maximum Gasteiger partial charge on any atom is 0.328 e. The Hall–Kier alpha value is -3.85. The van der Waals surface area contributed by atoms with Crippen LogP contribution in [0.5, 0.6) is 0 Å². The van der Waals surface area contributed by atoms with E-state index in [1.165, 1.54) is 10.6 Å². The summed E-state index contributed by atoms with van der Waals surface area (Å²) in [5, 5.41) is 8.98. The van der Waals surface area contributed by atoms with Crippen LogP contribution in [0.1, 0.15) is 5.69 Å². The number of anilines is 1. The largest absolute Gasteiger partial charge is 0.478 e. The second-order valence-electron chi connectivity index (χ2n) is 7.80. The van der Waals surface area contributed by atoms with Crippen molar-refractivity contribution in [2.24, 2.45) is 5.41 Å². The van der Waals surface area contributed by atoms with E-state index in [1.54, 1.807) is 36.8 Å². The number of benzene rings is 1. The van der Waals surface area contributed by atoms with E-state index in [0.29, 0.717) is 49.3 Å². The number of aromatic nitrogens is 4. The lowest BCUT2D eigenvalue weighted by molar-refractivity contribution is -0.131. The number of hydrogen-bond donors (Lipinski definition) is 1. The van der Waals surface area contributed by atoms with E-state index >= 15 is 0 Å². The summed E-state index contributed by atoms with van der Waals surface area (Å²) in [6.45, 7) is 2.79. The van der Waals surface area contributed by atoms with Crippen LogP contribution in [0.3, 0.4) is 0 Å². The van der Waals surface area contributed by atoms with Crippen LogP contribution < -0.4 is 10.5 Å². The first kappa shape index (κ1) is 19.1. The van der Waals surface area contributed by atoms with Gasteiger partial charge in [-0.1, -0.05) is 0 Å². The molecule has 1 spiro atoms. The molecule has 31 heavy (non-hydrogen) atoms. The molecular weight excluding hydrogens is 398 g/mol. The van der Waals surface area contributed by atoms with Crippen molar-refractivity contribution in [3.63, 3.8) is 0 Å². The van der Waals surface area contributed by atoms with E-state index in [4.69, 9.17) is 9.84 Å². The van der Waals surface area contributed by atoms with E-state index in [0.717, 1.165) is 11.6 Å². The van der Waals surface area contributed by atoms with Gasteiger partial charge in [-0.15, -0.1) is 0 Å². The molecule has 0 saturated carbocycles. The van der Waals surface area contributed by atoms with E-state index in [9.17, 15) is 9.59 Å². The van der Waals surface area contributed by atoms with Gasteiger partial charge in [-0.05, 0) is 36.4 Å². The first-order chi connectivity index (χ1) is 15.0. The molecule has 1 aromatic carbocycles. The highest BCUT2D eigenvalue weighted by Gasteiger charge is 2.50. The van der Waals surface area contributed by atoms with Crippen molar-refractivity contribution in [1.29, 1.82) is 0 Å². The first-order valence-electron chi connectivity index (χ1n) is 9.78. The first-order valence-corrected chi connectivity index (χ1v) is 9.78. The molecule has 0 aliphatic carbocycles. The zero-order valence-electron chi connectivity index (χ0n) is 16.5. The van der Waals surface area contributed by atoms with Gasteiger partial charge in [-0.3, -0.25) is 9.36 Å². The average molecular weight is 417 g/mol. The van der Waals surface area contributed by atoms with E-state index < -0.39 is 5.97 Å². The molecule has 0 radical (unpaired) electrons. The van der Waals surface area contributed by atoms with Gasteiger partial charge in [-0.2, -0.15) is 0 Å². The molecule has 9 heteroatoms. The highest BCUT2D eigenvalue weighted by molar-refractivity contribution is 5.84. The fourth-order valence-electron chi connectivity index (χ4n) is 3.84. The van der Waals surface area contributed by atoms with E-state index in [-0.39, 0.29) is 11.0 Å². The van der Waals surface area contributed by atoms with Crippen molar-refractivity contribution in [2.45, 2.75) is 0 Å². The fraction of sp³-hybridized carbons (Fsp3) is 0.227. The van der Waals surface area contributed by atoms with E-state index in [1.807, 2.05) is 17.0 Å². The Bertz CT molecular complexity index is 1210. The van der Waals surface area contributed by atoms with Gasteiger partial charge in [-0.25, -0.2) is 19.7 Å². The van der Waals surface area contributed by atoms with Gasteiger partial charge in [0.15, 0.2) is 11.6 Å². The molecule has 2 aliphatic rings. The van der Waals surface area contributed by atoms with Crippen LogP contribution in [0, 0.1) is 5.41 Å². The highest BCUT2D eigenvalue weighted by Crippen LogP contribution is 2.38. The van der Waals surface area contributed by atoms with Gasteiger partial charge >= 0.3 is 5.97 Å². The number of nitrogens with zero attached hydrogens (tertiary/aromatic N) is 5. The fourth-order valence-corrected chi connectivity index (χ4v) is 3.84. The Labute approximate surface area is 177 Å². The lowest BCUT2D eigenvalue weighted by Gasteiger charge is -2.55. The molecule has 0 atom stereocenters. The van der Waals surface area contributed by atoms with Crippen LogP contribution in [-0.2, 0) is 9.53 Å². The number of carboxylic acid groups (broad SMARTS) is 1. The summed E-state index contributed by atoms with van der Waals surface area (Å²) >= 11 is 0. The lowest BCUT2D eigenvalue weighted by Crippen LogP contribution is -2.67. The minimum absolute atomic E-state index is 0.114. The van der Waals surface area contributed by atoms with Gasteiger partial charge in [0.05, 0.1) is 24.3 Å². The number of rotatable bonds is 5. The number of hydrogen-bond acceptors (Lipinski definition) is 7. The van der Waals surface area contributed by atoms with Crippen LogP contribution in [-0.4, -0.2) is 56.9 Å². The van der Waals surface area contributed by atoms with Crippen molar-refractivity contribution in [3.05, 3.63) is 71.0 Å². The van der Waals surface area contributed by atoms with Crippen LogP contribution in [0.4, 0.5) is 5.82 Å². The second kappa shape index (κ2) is 7.44. The predicted molar refractivity (Wildman–Crippen MR) is 113 cm³/mol. The Balaban J connectivity index is 1.52. The third-order valence-electron chi connectivity index (χ3n) is 5.44. The molecular formula is C22H19N5O4. The minimum atomic E-state index is -1.08. The summed E-state index contributed by atoms with van der Waals surface area (Å²) < 4.78 is 6.79. The third-order valence-corrected chi connectivity index (χ3v) is 5.44. The van der Waals surface area contributed by atoms with Crippen LogP contribution in [0.25, 0.3) is 23.2 Å². The molecule has 2 saturated heterocycles. The van der Waals surface area contributed by atoms with Crippen molar-refractivity contribution in [3.8, 4) is 17.1 Å². The normalized spacial score (nSPS) is 16.8. The average Bonchev–Trinajstić information content (AvgIpc) is 2.72. The quantitative estimate of drug-likeness (QED) is 0.624. The van der Waals surface area contributed by atoms with Crippen molar-refractivity contribution in [1.82, 2.24) is 19.5 Å². The molecule has 0 bridgehead atoms. The summed E-state index contributed by atoms with van der Waals surface area (Å²) in [6, 6.07) is 9.04. The van der Waals surface area contributed by atoms with Gasteiger partial charge in [0.1, 0.15) is 0 Å². The summed E-state index contributed by atoms with van der Waals surface area (Å²) in [6.07, 6.45) is 7.28. The van der Waals surface area contributed by atoms with Crippen LogP contribution in [0.15, 0.2) is 59.8 Å². The maximum atomic E-state index is 13.2. The molecule has 156 valence electrons. The molecule has 0 unspecified atom stereocenters. The monoisotopic (exact) mass is 417 g/mol. The Morgan fingerprint density at radius 3 is 2.45 bits per heavy atom. The predicted octanol–water partition coefficient (Wildman–Crippen LogP) is 1.62. The van der Waals surface area contributed by atoms with Gasteiger partial charge in [0.2, 0.25) is 0 Å². The molecule has 0 amide bonds. The third kappa shape index (κ3) is 3.59. The van der Waals surface area contributed by atoms with Gasteiger partial charge in [0, 0.05) is 49.0 Å². The summed E-state index contributed by atoms with van der Waals surface area (Å²) in [5.74, 6) is -0.182. The summed E-state index contributed by atoms with van der Waals surface area (Å²) in [4.78, 5) is 39.0. The zero-order chi connectivity index (χ0) is 21.4. The van der Waals surface area contributed by atoms with Crippen molar-refractivity contribution < 1.29 is 14.6 Å². The standard InChI is InChI=1S/C22H19N5O4/c28-18(29)7-4-16-10-27(17-5-2-15(3-6-17)19-23-8-1-9-24-19)21(30)20(25-16)26-11-22(12-26)13-31-14-22/h1-10H,11-14H2,(H,28,29)/b7-4+. The number of ether oxygens (including phenoxy) is 1. The maximum absolute atomic E-state index is 13.2. The Morgan fingerprint density at radius 1 is 1.13 bits per heavy atom. The summed E-state index contributed by atoms with van der Waals surface area (Å²) in [7, 11) is 0. The highest BCUT2D eigenvalue weighted by atomic mass is 16.5. The second-order valence-corrected chi connectivity index (χ2v) is 7.80. The zero-order valence-corrected chi connectivity index (χ0v) is 16.5. The molecule has 3 aromatic rings. The Kier molecular flexibility index (Phi) is 4.59. The molecule has 2 aromatic heterocycles. The Morgan fingerprint density at radius 2 is 1.84 bits per heavy atom. The van der Waals surface area contributed by atoms with Gasteiger partial charge in [0.25, 0.3) is 5.56 Å². The molecule has 1 N–H and O–H groups in total. The van der Waals surface area contributed by atoms with Crippen LogP contribution in [0.2, 0.25) is 0 Å². The number of carbonyl (C=O) groups is 1. The molecule has 4 heterocycles. The van der Waals surface area contributed by atoms with Crippen molar-refractivity contribution >= 4 is 17.9 Å². The minimum Gasteiger partial charge on any atom is -0.478 e.